The molecule has 0 spiro atoms. The van der Waals surface area contributed by atoms with E-state index in [4.69, 9.17) is 4.74 Å². The first-order valence-corrected chi connectivity index (χ1v) is 9.79. The maximum atomic E-state index is 13.5. The lowest BCUT2D eigenvalue weighted by atomic mass is 10.3. The molecule has 0 fully saturated rings. The zero-order valence-corrected chi connectivity index (χ0v) is 15.1. The molecule has 0 saturated carbocycles. The summed E-state index contributed by atoms with van der Waals surface area (Å²) < 4.78 is 48.1. The lowest BCUT2D eigenvalue weighted by molar-refractivity contribution is 0.291. The molecule has 1 aliphatic heterocycles. The number of imidazole rings is 1. The van der Waals surface area contributed by atoms with E-state index < -0.39 is 15.8 Å². The molecule has 3 aromatic rings. The van der Waals surface area contributed by atoms with Gasteiger partial charge in [0.25, 0.3) is 0 Å². The number of nitrogens with zero attached hydrogens (tertiary/aromatic N) is 4. The van der Waals surface area contributed by atoms with Crippen molar-refractivity contribution in [2.45, 2.75) is 24.6 Å². The highest BCUT2D eigenvalue weighted by Gasteiger charge is 2.30. The molecule has 0 radical (unpaired) electrons. The van der Waals surface area contributed by atoms with Crippen molar-refractivity contribution in [2.75, 3.05) is 6.54 Å². The monoisotopic (exact) mass is 388 g/mol. The number of halogens is 1. The van der Waals surface area contributed by atoms with E-state index in [9.17, 15) is 12.8 Å². The number of ether oxygens (including phenoxy) is 1. The van der Waals surface area contributed by atoms with Gasteiger partial charge in [-0.3, -0.25) is 4.98 Å². The number of aromatic nitrogens is 3. The topological polar surface area (TPSA) is 77.3 Å². The van der Waals surface area contributed by atoms with Gasteiger partial charge in [-0.1, -0.05) is 6.07 Å². The molecule has 4 rings (SSSR count). The summed E-state index contributed by atoms with van der Waals surface area (Å²) in [6.07, 6.45) is 4.94. The van der Waals surface area contributed by atoms with Crippen LogP contribution in [0.4, 0.5) is 4.39 Å². The van der Waals surface area contributed by atoms with Gasteiger partial charge in [-0.25, -0.2) is 17.8 Å². The number of pyridine rings is 1. The molecule has 1 aromatic carbocycles. The van der Waals surface area contributed by atoms with Crippen LogP contribution < -0.4 is 4.74 Å². The van der Waals surface area contributed by atoms with Crippen molar-refractivity contribution in [3.63, 3.8) is 0 Å². The van der Waals surface area contributed by atoms with Crippen molar-refractivity contribution in [1.29, 1.82) is 0 Å². The Morgan fingerprint density at radius 3 is 2.85 bits per heavy atom. The zero-order valence-electron chi connectivity index (χ0n) is 14.3. The molecule has 0 saturated heterocycles. The fourth-order valence-electron chi connectivity index (χ4n) is 2.98. The highest BCUT2D eigenvalue weighted by molar-refractivity contribution is 7.89. The van der Waals surface area contributed by atoms with E-state index in [0.717, 1.165) is 11.8 Å². The lowest BCUT2D eigenvalue weighted by Crippen LogP contribution is -2.38. The van der Waals surface area contributed by atoms with Gasteiger partial charge in [-0.15, -0.1) is 0 Å². The van der Waals surface area contributed by atoms with Crippen LogP contribution in [-0.4, -0.2) is 33.8 Å². The van der Waals surface area contributed by atoms with E-state index in [2.05, 4.69) is 9.97 Å². The summed E-state index contributed by atoms with van der Waals surface area (Å²) in [5.41, 5.74) is 1.43. The van der Waals surface area contributed by atoms with Crippen LogP contribution in [0.2, 0.25) is 0 Å². The number of sulfonamides is 1. The predicted octanol–water partition coefficient (Wildman–Crippen LogP) is 2.20. The van der Waals surface area contributed by atoms with E-state index in [1.807, 2.05) is 4.57 Å². The van der Waals surface area contributed by atoms with Gasteiger partial charge in [0.1, 0.15) is 23.9 Å². The van der Waals surface area contributed by atoms with Crippen LogP contribution in [0.3, 0.4) is 0 Å². The second-order valence-electron chi connectivity index (χ2n) is 6.10. The third kappa shape index (κ3) is 3.56. The van der Waals surface area contributed by atoms with Crippen molar-refractivity contribution < 1.29 is 17.5 Å². The number of benzene rings is 1. The maximum absolute atomic E-state index is 13.5. The lowest BCUT2D eigenvalue weighted by Gasteiger charge is -2.28. The molecule has 27 heavy (non-hydrogen) atoms. The second-order valence-corrected chi connectivity index (χ2v) is 8.04. The standard InChI is InChI=1S/C18H17FN4O3S/c19-14-3-1-5-16(9-14)27(24,25)23-8-7-22-13-21-17(18(22)11-23)12-26-15-4-2-6-20-10-15/h1-6,9-10,13H,7-8,11-12H2. The normalized spacial score (nSPS) is 14.7. The molecule has 7 nitrogen and oxygen atoms in total. The Hall–Kier alpha value is -2.78. The van der Waals surface area contributed by atoms with Gasteiger partial charge in [-0.05, 0) is 30.3 Å². The Labute approximate surface area is 156 Å². The van der Waals surface area contributed by atoms with Crippen LogP contribution in [0.1, 0.15) is 11.4 Å². The number of hydrogen-bond acceptors (Lipinski definition) is 5. The van der Waals surface area contributed by atoms with Crippen molar-refractivity contribution in [3.8, 4) is 5.75 Å². The first kappa shape index (κ1) is 17.6. The molecule has 0 unspecified atom stereocenters. The quantitative estimate of drug-likeness (QED) is 0.670. The number of hydrogen-bond donors (Lipinski definition) is 0. The average molecular weight is 388 g/mol. The summed E-state index contributed by atoms with van der Waals surface area (Å²) in [4.78, 5) is 8.29. The van der Waals surface area contributed by atoms with Crippen molar-refractivity contribution >= 4 is 10.0 Å². The third-order valence-electron chi connectivity index (χ3n) is 4.39. The Balaban J connectivity index is 1.55. The van der Waals surface area contributed by atoms with Gasteiger partial charge in [0, 0.05) is 19.3 Å². The minimum absolute atomic E-state index is 0.0522. The second kappa shape index (κ2) is 7.09. The van der Waals surface area contributed by atoms with E-state index in [1.54, 1.807) is 30.9 Å². The molecule has 0 atom stereocenters. The zero-order chi connectivity index (χ0) is 18.9. The van der Waals surface area contributed by atoms with Crippen LogP contribution in [-0.2, 0) is 29.7 Å². The van der Waals surface area contributed by atoms with Crippen LogP contribution in [0.5, 0.6) is 5.75 Å². The molecule has 1 aliphatic rings. The van der Waals surface area contributed by atoms with E-state index in [1.165, 1.54) is 22.5 Å². The SMILES string of the molecule is O=S(=O)(c1cccc(F)c1)N1CCn2cnc(COc3cccnc3)c2C1. The summed E-state index contributed by atoms with van der Waals surface area (Å²) in [7, 11) is -3.79. The fourth-order valence-corrected chi connectivity index (χ4v) is 4.40. The summed E-state index contributed by atoms with van der Waals surface area (Å²) in [5, 5.41) is 0. The van der Waals surface area contributed by atoms with E-state index in [-0.39, 0.29) is 18.0 Å². The minimum atomic E-state index is -3.79. The summed E-state index contributed by atoms with van der Waals surface area (Å²) in [6.45, 7) is 1.14. The molecule has 0 bridgehead atoms. The van der Waals surface area contributed by atoms with Gasteiger partial charge >= 0.3 is 0 Å². The highest BCUT2D eigenvalue weighted by atomic mass is 32.2. The van der Waals surface area contributed by atoms with Gasteiger partial charge in [0.15, 0.2) is 0 Å². The Bertz CT molecular complexity index is 1050. The Morgan fingerprint density at radius 1 is 1.19 bits per heavy atom. The summed E-state index contributed by atoms with van der Waals surface area (Å²) >= 11 is 0. The van der Waals surface area contributed by atoms with Crippen molar-refractivity contribution in [1.82, 2.24) is 18.8 Å². The fraction of sp³-hybridized carbons (Fsp3) is 0.222. The highest BCUT2D eigenvalue weighted by Crippen LogP contribution is 2.24. The van der Waals surface area contributed by atoms with E-state index in [0.29, 0.717) is 24.5 Å². The molecule has 3 heterocycles. The smallest absolute Gasteiger partial charge is 0.243 e. The Kier molecular flexibility index (Phi) is 4.63. The van der Waals surface area contributed by atoms with Crippen molar-refractivity contribution in [3.05, 3.63) is 72.3 Å². The van der Waals surface area contributed by atoms with Crippen LogP contribution in [0.15, 0.2) is 60.0 Å². The molecular formula is C18H17FN4O3S. The van der Waals surface area contributed by atoms with Gasteiger partial charge in [0.2, 0.25) is 10.0 Å². The van der Waals surface area contributed by atoms with Crippen molar-refractivity contribution in [2.24, 2.45) is 0 Å². The first-order chi connectivity index (χ1) is 13.0. The van der Waals surface area contributed by atoms with Gasteiger partial charge in [0.05, 0.1) is 29.7 Å². The van der Waals surface area contributed by atoms with E-state index >= 15 is 0 Å². The van der Waals surface area contributed by atoms with Gasteiger partial charge in [-0.2, -0.15) is 4.31 Å². The number of fused-ring (bicyclic) bond motifs is 1. The first-order valence-electron chi connectivity index (χ1n) is 8.35. The third-order valence-corrected chi connectivity index (χ3v) is 6.23. The minimum Gasteiger partial charge on any atom is -0.486 e. The molecule has 0 amide bonds. The molecule has 140 valence electrons. The molecule has 9 heteroatoms. The maximum Gasteiger partial charge on any atom is 0.243 e. The number of rotatable bonds is 5. The summed E-state index contributed by atoms with van der Waals surface area (Å²) in [6, 6.07) is 8.60. The molecular weight excluding hydrogens is 371 g/mol. The summed E-state index contributed by atoms with van der Waals surface area (Å²) in [5.74, 6) is 0.0305. The Morgan fingerprint density at radius 2 is 2.07 bits per heavy atom. The average Bonchev–Trinajstić information content (AvgIpc) is 3.09. The predicted molar refractivity (Wildman–Crippen MR) is 94.8 cm³/mol. The van der Waals surface area contributed by atoms with Crippen LogP contribution >= 0.6 is 0 Å². The molecule has 0 aliphatic carbocycles. The van der Waals surface area contributed by atoms with Crippen LogP contribution in [0.25, 0.3) is 0 Å². The van der Waals surface area contributed by atoms with Gasteiger partial charge < -0.3 is 9.30 Å². The largest absolute Gasteiger partial charge is 0.486 e. The van der Waals surface area contributed by atoms with Crippen LogP contribution in [0, 0.1) is 5.82 Å². The molecule has 2 aromatic heterocycles. The molecule has 0 N–H and O–H groups in total.